The molecule has 0 bridgehead atoms. The summed E-state index contributed by atoms with van der Waals surface area (Å²) in [6.07, 6.45) is 3.88. The molecule has 0 saturated heterocycles. The van der Waals surface area contributed by atoms with Crippen LogP contribution in [0.15, 0.2) is 54.6 Å². The van der Waals surface area contributed by atoms with Gasteiger partial charge in [-0.05, 0) is 56.0 Å². The quantitative estimate of drug-likeness (QED) is 0.627. The average molecular weight is 358 g/mol. The summed E-state index contributed by atoms with van der Waals surface area (Å²) in [6, 6.07) is 18.4. The van der Waals surface area contributed by atoms with E-state index in [1.165, 1.54) is 11.1 Å². The van der Waals surface area contributed by atoms with E-state index >= 15 is 0 Å². The second-order valence-electron chi connectivity index (χ2n) is 6.72. The molecule has 136 valence electrons. The van der Waals surface area contributed by atoms with E-state index in [4.69, 9.17) is 4.74 Å². The molecule has 0 spiro atoms. The first-order valence-electron chi connectivity index (χ1n) is 9.29. The smallest absolute Gasteiger partial charge is 0.359 e. The fourth-order valence-electron chi connectivity index (χ4n) is 3.52. The molecular weight excluding hydrogens is 336 g/mol. The van der Waals surface area contributed by atoms with Gasteiger partial charge in [0.25, 0.3) is 0 Å². The number of carbonyl (C=O) groups excluding carboxylic acids is 1. The van der Waals surface area contributed by atoms with Gasteiger partial charge in [-0.15, -0.1) is 0 Å². The Hall–Kier alpha value is -3.14. The van der Waals surface area contributed by atoms with E-state index in [-0.39, 0.29) is 5.97 Å². The molecule has 0 amide bonds. The first kappa shape index (κ1) is 17.3. The van der Waals surface area contributed by atoms with Crippen molar-refractivity contribution in [2.24, 2.45) is 0 Å². The lowest BCUT2D eigenvalue weighted by molar-refractivity contribution is 0.0517. The normalized spacial score (nSPS) is 14.4. The molecule has 4 heteroatoms. The summed E-state index contributed by atoms with van der Waals surface area (Å²) in [7, 11) is 0. The molecule has 0 N–H and O–H groups in total. The monoisotopic (exact) mass is 358 g/mol. The van der Waals surface area contributed by atoms with Gasteiger partial charge in [0.1, 0.15) is 0 Å². The number of carbonyl (C=O) groups is 1. The molecule has 0 radical (unpaired) electrons. The highest BCUT2D eigenvalue weighted by Crippen LogP contribution is 2.37. The lowest BCUT2D eigenvalue weighted by atomic mass is 10.1. The summed E-state index contributed by atoms with van der Waals surface area (Å²) in [5.41, 5.74) is 6.92. The molecule has 4 nitrogen and oxygen atoms in total. The highest BCUT2D eigenvalue weighted by Gasteiger charge is 2.30. The number of ether oxygens (including phenoxy) is 1. The van der Waals surface area contributed by atoms with E-state index in [1.807, 2.05) is 41.9 Å². The topological polar surface area (TPSA) is 44.1 Å². The Kier molecular flexibility index (Phi) is 4.63. The van der Waals surface area contributed by atoms with Gasteiger partial charge in [0, 0.05) is 5.56 Å². The highest BCUT2D eigenvalue weighted by molar-refractivity contribution is 5.94. The summed E-state index contributed by atoms with van der Waals surface area (Å²) in [4.78, 5) is 12.5. The maximum atomic E-state index is 12.5. The zero-order valence-electron chi connectivity index (χ0n) is 15.6. The van der Waals surface area contributed by atoms with Gasteiger partial charge in [0.05, 0.1) is 18.0 Å². The number of nitrogens with zero attached hydrogens (tertiary/aromatic N) is 2. The lowest BCUT2D eigenvalue weighted by Gasteiger charge is -2.08. The maximum Gasteiger partial charge on any atom is 0.359 e. The van der Waals surface area contributed by atoms with Crippen molar-refractivity contribution in [2.45, 2.75) is 26.7 Å². The number of fused-ring (bicyclic) bond motifs is 1. The summed E-state index contributed by atoms with van der Waals surface area (Å²) in [6.45, 7) is 4.22. The summed E-state index contributed by atoms with van der Waals surface area (Å²) >= 11 is 0. The third kappa shape index (κ3) is 3.31. The fourth-order valence-corrected chi connectivity index (χ4v) is 3.52. The zero-order valence-corrected chi connectivity index (χ0v) is 15.6. The minimum absolute atomic E-state index is 0.345. The Labute approximate surface area is 159 Å². The fraction of sp³-hybridized carbons (Fsp3) is 0.217. The van der Waals surface area contributed by atoms with Crippen LogP contribution in [0.3, 0.4) is 0 Å². The molecule has 1 aliphatic rings. The number of hydrogen-bond donors (Lipinski definition) is 0. The van der Waals surface area contributed by atoms with Crippen LogP contribution in [-0.4, -0.2) is 22.4 Å². The van der Waals surface area contributed by atoms with Crippen molar-refractivity contribution < 1.29 is 9.53 Å². The number of benzene rings is 2. The summed E-state index contributed by atoms with van der Waals surface area (Å²) < 4.78 is 7.13. The van der Waals surface area contributed by atoms with Crippen molar-refractivity contribution >= 4 is 17.6 Å². The summed E-state index contributed by atoms with van der Waals surface area (Å²) in [5.74, 6) is -0.347. The van der Waals surface area contributed by atoms with E-state index in [2.05, 4.69) is 42.4 Å². The van der Waals surface area contributed by atoms with Crippen LogP contribution in [0.25, 0.3) is 17.3 Å². The average Bonchev–Trinajstić information content (AvgIpc) is 3.25. The second-order valence-corrected chi connectivity index (χ2v) is 6.72. The van der Waals surface area contributed by atoms with E-state index < -0.39 is 0 Å². The van der Waals surface area contributed by atoms with Crippen LogP contribution in [0.5, 0.6) is 0 Å². The highest BCUT2D eigenvalue weighted by atomic mass is 16.5. The van der Waals surface area contributed by atoms with Crippen molar-refractivity contribution in [1.29, 1.82) is 0 Å². The molecule has 4 rings (SSSR count). The predicted octanol–water partition coefficient (Wildman–Crippen LogP) is 4.84. The molecule has 0 atom stereocenters. The Bertz CT molecular complexity index is 999. The van der Waals surface area contributed by atoms with E-state index in [0.717, 1.165) is 35.3 Å². The summed E-state index contributed by atoms with van der Waals surface area (Å²) in [5, 5.41) is 4.64. The molecule has 3 aromatic rings. The molecule has 0 saturated carbocycles. The van der Waals surface area contributed by atoms with Crippen LogP contribution in [0.4, 0.5) is 0 Å². The Morgan fingerprint density at radius 2 is 1.85 bits per heavy atom. The van der Waals surface area contributed by atoms with Gasteiger partial charge in [-0.1, -0.05) is 48.0 Å². The molecule has 1 heterocycles. The zero-order chi connectivity index (χ0) is 18.8. The van der Waals surface area contributed by atoms with E-state index in [1.54, 1.807) is 0 Å². The Morgan fingerprint density at radius 1 is 1.11 bits per heavy atom. The molecule has 0 unspecified atom stereocenters. The minimum Gasteiger partial charge on any atom is -0.461 e. The number of allylic oxidation sites excluding steroid dienone is 1. The minimum atomic E-state index is -0.347. The first-order chi connectivity index (χ1) is 13.2. The number of aromatic nitrogens is 2. The number of esters is 1. The largest absolute Gasteiger partial charge is 0.461 e. The third-order valence-corrected chi connectivity index (χ3v) is 4.82. The van der Waals surface area contributed by atoms with Gasteiger partial charge >= 0.3 is 5.97 Å². The van der Waals surface area contributed by atoms with Gasteiger partial charge in [0.2, 0.25) is 0 Å². The molecule has 0 aliphatic heterocycles. The van der Waals surface area contributed by atoms with Gasteiger partial charge in [-0.3, -0.25) is 0 Å². The number of aryl methyl sites for hydroxylation is 1. The number of rotatable bonds is 4. The van der Waals surface area contributed by atoms with Crippen LogP contribution >= 0.6 is 0 Å². The van der Waals surface area contributed by atoms with Crippen molar-refractivity contribution in [3.05, 3.63) is 82.7 Å². The maximum absolute atomic E-state index is 12.5. The van der Waals surface area contributed by atoms with Gasteiger partial charge in [-0.25, -0.2) is 9.48 Å². The van der Waals surface area contributed by atoms with Crippen molar-refractivity contribution in [3.63, 3.8) is 0 Å². The van der Waals surface area contributed by atoms with E-state index in [9.17, 15) is 4.79 Å². The van der Waals surface area contributed by atoms with Crippen LogP contribution in [0.2, 0.25) is 0 Å². The van der Waals surface area contributed by atoms with Crippen LogP contribution in [0.1, 0.15) is 46.2 Å². The molecular formula is C23H22N2O2. The second kappa shape index (κ2) is 7.23. The number of hydrogen-bond acceptors (Lipinski definition) is 3. The van der Waals surface area contributed by atoms with Gasteiger partial charge < -0.3 is 4.74 Å². The lowest BCUT2D eigenvalue weighted by Crippen LogP contribution is -2.09. The molecule has 1 aliphatic carbocycles. The van der Waals surface area contributed by atoms with Gasteiger partial charge in [0.15, 0.2) is 5.69 Å². The van der Waals surface area contributed by atoms with Crippen molar-refractivity contribution in [3.8, 4) is 5.69 Å². The van der Waals surface area contributed by atoms with Crippen LogP contribution in [0, 0.1) is 6.92 Å². The van der Waals surface area contributed by atoms with E-state index in [0.29, 0.717) is 12.3 Å². The molecule has 2 aromatic carbocycles. The van der Waals surface area contributed by atoms with Gasteiger partial charge in [-0.2, -0.15) is 5.10 Å². The molecule has 0 fully saturated rings. The molecule has 27 heavy (non-hydrogen) atoms. The third-order valence-electron chi connectivity index (χ3n) is 4.82. The molecule has 1 aromatic heterocycles. The first-order valence-corrected chi connectivity index (χ1v) is 9.29. The Balaban J connectivity index is 1.86. The Morgan fingerprint density at radius 3 is 2.56 bits per heavy atom. The standard InChI is InChI=1S/C23H22N2O2/c1-3-27-23(26)21-20-14-11-18(15-17-7-5-4-6-8-17)22(20)25(24-21)19-12-9-16(2)10-13-19/h4-10,12-13,15H,3,11,14H2,1-2H3/b18-15-. The van der Waals surface area contributed by atoms with Crippen molar-refractivity contribution in [1.82, 2.24) is 9.78 Å². The van der Waals surface area contributed by atoms with Crippen LogP contribution < -0.4 is 0 Å². The SMILES string of the molecule is CCOC(=O)c1nn(-c2ccc(C)cc2)c2c1CC/C2=C/c1ccccc1. The van der Waals surface area contributed by atoms with Crippen LogP contribution in [-0.2, 0) is 11.2 Å². The van der Waals surface area contributed by atoms with Crippen molar-refractivity contribution in [2.75, 3.05) is 6.61 Å². The predicted molar refractivity (Wildman–Crippen MR) is 107 cm³/mol.